The number of aromatic hydroxyl groups is 1. The van der Waals surface area contributed by atoms with Gasteiger partial charge in [-0.1, -0.05) is 18.5 Å². The van der Waals surface area contributed by atoms with E-state index >= 15 is 0 Å². The van der Waals surface area contributed by atoms with Crippen LogP contribution < -0.4 is 0 Å². The Morgan fingerprint density at radius 2 is 2.25 bits per heavy atom. The fourth-order valence-electron chi connectivity index (χ4n) is 2.21. The summed E-state index contributed by atoms with van der Waals surface area (Å²) in [5, 5.41) is 15.1. The third kappa shape index (κ3) is 1.39. The normalized spacial score (nSPS) is 15.8. The second-order valence-electron chi connectivity index (χ2n) is 4.53. The van der Waals surface area contributed by atoms with E-state index in [2.05, 4.69) is 12.1 Å². The van der Waals surface area contributed by atoms with Gasteiger partial charge in [-0.25, -0.2) is 0 Å². The van der Waals surface area contributed by atoms with Gasteiger partial charge in [0.05, 0.1) is 5.69 Å². The van der Waals surface area contributed by atoms with Crippen LogP contribution in [0, 0.1) is 0 Å². The van der Waals surface area contributed by atoms with Gasteiger partial charge in [-0.2, -0.15) is 0 Å². The van der Waals surface area contributed by atoms with Crippen molar-refractivity contribution in [2.45, 2.75) is 38.5 Å². The molecular formula is C13H15NO2. The van der Waals surface area contributed by atoms with Crippen LogP contribution >= 0.6 is 0 Å². The zero-order chi connectivity index (χ0) is 11.1. The number of hydrogen-bond donors (Lipinski definition) is 1. The molecule has 3 nitrogen and oxygen atoms in total. The van der Waals surface area contributed by atoms with E-state index in [9.17, 15) is 5.11 Å². The minimum Gasteiger partial charge on any atom is -0.508 e. The van der Waals surface area contributed by atoms with E-state index in [4.69, 9.17) is 4.52 Å². The Kier molecular flexibility index (Phi) is 2.13. The summed E-state index contributed by atoms with van der Waals surface area (Å²) < 4.78 is 5.40. The second-order valence-corrected chi connectivity index (χ2v) is 4.53. The fraction of sp³-hybridized carbons (Fsp3) is 0.462. The molecule has 1 aliphatic carbocycles. The lowest BCUT2D eigenvalue weighted by Gasteiger charge is -2.02. The minimum atomic E-state index is 0.327. The summed E-state index contributed by atoms with van der Waals surface area (Å²) in [4.78, 5) is 0. The van der Waals surface area contributed by atoms with Crippen molar-refractivity contribution in [2.24, 2.45) is 0 Å². The number of rotatable bonds is 3. The Bertz CT molecular complexity index is 526. The molecule has 0 amide bonds. The first-order valence-electron chi connectivity index (χ1n) is 5.91. The molecule has 1 aromatic heterocycles. The largest absolute Gasteiger partial charge is 0.508 e. The third-order valence-corrected chi connectivity index (χ3v) is 3.21. The van der Waals surface area contributed by atoms with Crippen molar-refractivity contribution < 1.29 is 9.63 Å². The fourth-order valence-corrected chi connectivity index (χ4v) is 2.21. The van der Waals surface area contributed by atoms with Crippen molar-refractivity contribution in [1.82, 2.24) is 5.16 Å². The van der Waals surface area contributed by atoms with Crippen LogP contribution in [0.4, 0.5) is 0 Å². The van der Waals surface area contributed by atoms with Crippen LogP contribution in [-0.4, -0.2) is 10.3 Å². The van der Waals surface area contributed by atoms with Crippen LogP contribution in [-0.2, 0) is 6.42 Å². The molecule has 1 aromatic carbocycles. The molecule has 2 aromatic rings. The molecule has 0 radical (unpaired) electrons. The Morgan fingerprint density at radius 1 is 1.44 bits per heavy atom. The number of benzene rings is 1. The number of aryl methyl sites for hydroxylation is 1. The maximum Gasteiger partial charge on any atom is 0.174 e. The van der Waals surface area contributed by atoms with Gasteiger partial charge in [0.25, 0.3) is 0 Å². The van der Waals surface area contributed by atoms with Crippen LogP contribution in [0.5, 0.6) is 5.75 Å². The highest BCUT2D eigenvalue weighted by Gasteiger charge is 2.29. The van der Waals surface area contributed by atoms with E-state index in [1.54, 1.807) is 6.07 Å². The van der Waals surface area contributed by atoms with Gasteiger partial charge in [0.2, 0.25) is 0 Å². The average molecular weight is 217 g/mol. The van der Waals surface area contributed by atoms with Crippen LogP contribution in [0.15, 0.2) is 16.7 Å². The molecule has 1 fully saturated rings. The number of fused-ring (bicyclic) bond motifs is 1. The second kappa shape index (κ2) is 3.51. The van der Waals surface area contributed by atoms with Crippen molar-refractivity contribution in [3.63, 3.8) is 0 Å². The van der Waals surface area contributed by atoms with Crippen molar-refractivity contribution in [3.05, 3.63) is 23.4 Å². The summed E-state index contributed by atoms with van der Waals surface area (Å²) in [7, 11) is 0. The monoisotopic (exact) mass is 217 g/mol. The summed E-state index contributed by atoms with van der Waals surface area (Å²) >= 11 is 0. The molecule has 0 spiro atoms. The molecule has 1 saturated carbocycles. The van der Waals surface area contributed by atoms with E-state index in [-0.39, 0.29) is 0 Å². The predicted octanol–water partition coefficient (Wildman–Crippen LogP) is 3.36. The standard InChI is InChI=1S/C13H15NO2/c1-2-3-9-11(15)7-6-10-12(8-4-5-8)14-16-13(9)10/h6-8,15H,2-5H2,1H3. The lowest BCUT2D eigenvalue weighted by molar-refractivity contribution is 0.435. The van der Waals surface area contributed by atoms with Gasteiger partial charge in [0.15, 0.2) is 5.58 Å². The third-order valence-electron chi connectivity index (χ3n) is 3.21. The summed E-state index contributed by atoms with van der Waals surface area (Å²) in [6.07, 6.45) is 4.26. The number of hydrogen-bond acceptors (Lipinski definition) is 3. The number of phenols is 1. The smallest absolute Gasteiger partial charge is 0.174 e. The molecule has 0 aliphatic heterocycles. The van der Waals surface area contributed by atoms with Crippen LogP contribution in [0.3, 0.4) is 0 Å². The molecule has 0 bridgehead atoms. The maximum absolute atomic E-state index is 9.82. The van der Waals surface area contributed by atoms with Gasteiger partial charge in [0.1, 0.15) is 5.75 Å². The lowest BCUT2D eigenvalue weighted by atomic mass is 10.0. The minimum absolute atomic E-state index is 0.327. The zero-order valence-electron chi connectivity index (χ0n) is 9.36. The van der Waals surface area contributed by atoms with Gasteiger partial charge in [-0.15, -0.1) is 0 Å². The summed E-state index contributed by atoms with van der Waals surface area (Å²) in [6, 6.07) is 3.68. The average Bonchev–Trinajstić information content (AvgIpc) is 3.03. The van der Waals surface area contributed by atoms with Crippen LogP contribution in [0.2, 0.25) is 0 Å². The topological polar surface area (TPSA) is 46.3 Å². The van der Waals surface area contributed by atoms with Gasteiger partial charge >= 0.3 is 0 Å². The van der Waals surface area contributed by atoms with Crippen LogP contribution in [0.25, 0.3) is 11.0 Å². The van der Waals surface area contributed by atoms with E-state index in [0.717, 1.165) is 35.1 Å². The summed E-state index contributed by atoms with van der Waals surface area (Å²) in [5.41, 5.74) is 2.76. The SMILES string of the molecule is CCCc1c(O)ccc2c(C3CC3)noc12. The van der Waals surface area contributed by atoms with Gasteiger partial charge in [0, 0.05) is 16.9 Å². The summed E-state index contributed by atoms with van der Waals surface area (Å²) in [5.74, 6) is 0.910. The summed E-state index contributed by atoms with van der Waals surface area (Å²) in [6.45, 7) is 2.09. The number of phenolic OH excluding ortho intramolecular Hbond substituents is 1. The lowest BCUT2D eigenvalue weighted by Crippen LogP contribution is -1.86. The van der Waals surface area contributed by atoms with E-state index in [1.807, 2.05) is 6.07 Å². The quantitative estimate of drug-likeness (QED) is 0.857. The molecular weight excluding hydrogens is 202 g/mol. The highest BCUT2D eigenvalue weighted by atomic mass is 16.5. The van der Waals surface area contributed by atoms with Crippen molar-refractivity contribution in [1.29, 1.82) is 0 Å². The zero-order valence-corrected chi connectivity index (χ0v) is 9.36. The first kappa shape index (κ1) is 9.70. The van der Waals surface area contributed by atoms with Crippen molar-refractivity contribution in [2.75, 3.05) is 0 Å². The molecule has 84 valence electrons. The first-order chi connectivity index (χ1) is 7.81. The van der Waals surface area contributed by atoms with Gasteiger partial charge in [-0.05, 0) is 31.4 Å². The number of aromatic nitrogens is 1. The Balaban J connectivity index is 2.19. The molecule has 0 unspecified atom stereocenters. The van der Waals surface area contributed by atoms with Gasteiger partial charge < -0.3 is 9.63 Å². The molecule has 0 atom stereocenters. The Hall–Kier alpha value is -1.51. The van der Waals surface area contributed by atoms with Crippen LogP contribution in [0.1, 0.15) is 43.4 Å². The molecule has 1 heterocycles. The molecule has 3 rings (SSSR count). The molecule has 1 N–H and O–H groups in total. The highest BCUT2D eigenvalue weighted by Crippen LogP contribution is 2.43. The first-order valence-corrected chi connectivity index (χ1v) is 5.91. The predicted molar refractivity (Wildman–Crippen MR) is 61.6 cm³/mol. The maximum atomic E-state index is 9.82. The van der Waals surface area contributed by atoms with E-state index in [0.29, 0.717) is 11.7 Å². The molecule has 0 saturated heterocycles. The molecule has 1 aliphatic rings. The highest BCUT2D eigenvalue weighted by molar-refractivity contribution is 5.85. The molecule has 16 heavy (non-hydrogen) atoms. The molecule has 3 heteroatoms. The van der Waals surface area contributed by atoms with Crippen molar-refractivity contribution >= 4 is 11.0 Å². The van der Waals surface area contributed by atoms with Gasteiger partial charge in [-0.3, -0.25) is 0 Å². The number of nitrogens with zero attached hydrogens (tertiary/aromatic N) is 1. The van der Waals surface area contributed by atoms with E-state index in [1.165, 1.54) is 12.8 Å². The Morgan fingerprint density at radius 3 is 2.94 bits per heavy atom. The van der Waals surface area contributed by atoms with Crippen molar-refractivity contribution in [3.8, 4) is 5.75 Å². The van der Waals surface area contributed by atoms with E-state index < -0.39 is 0 Å². The Labute approximate surface area is 94.1 Å².